The fraction of sp³-hybridized carbons (Fsp3) is 0.350. The number of hydrogen-bond donors (Lipinski definition) is 1. The maximum Gasteiger partial charge on any atom is 0.223 e. The van der Waals surface area contributed by atoms with E-state index in [4.69, 9.17) is 14.2 Å². The predicted octanol–water partition coefficient (Wildman–Crippen LogP) is 3.53. The fourth-order valence-electron chi connectivity index (χ4n) is 2.80. The van der Waals surface area contributed by atoms with Gasteiger partial charge in [-0.1, -0.05) is 24.3 Å². The number of benzene rings is 2. The van der Waals surface area contributed by atoms with Crippen LogP contribution in [0, 0.1) is 5.92 Å². The highest BCUT2D eigenvalue weighted by molar-refractivity contribution is 5.78. The number of amides is 1. The van der Waals surface area contributed by atoms with Crippen LogP contribution in [0.2, 0.25) is 0 Å². The second kappa shape index (κ2) is 8.53. The molecule has 1 aliphatic heterocycles. The molecule has 132 valence electrons. The molecule has 0 unspecified atom stereocenters. The lowest BCUT2D eigenvalue weighted by Crippen LogP contribution is -2.33. The summed E-state index contributed by atoms with van der Waals surface area (Å²) in [6.07, 6.45) is 1.61. The van der Waals surface area contributed by atoms with Gasteiger partial charge in [0, 0.05) is 25.7 Å². The Labute approximate surface area is 147 Å². The van der Waals surface area contributed by atoms with E-state index >= 15 is 0 Å². The fourth-order valence-corrected chi connectivity index (χ4v) is 2.80. The van der Waals surface area contributed by atoms with E-state index in [-0.39, 0.29) is 11.8 Å². The maximum absolute atomic E-state index is 12.1. The first kappa shape index (κ1) is 17.3. The molecule has 0 aliphatic carbocycles. The van der Waals surface area contributed by atoms with Crippen LogP contribution in [0.3, 0.4) is 0 Å². The van der Waals surface area contributed by atoms with Crippen LogP contribution < -0.4 is 14.8 Å². The van der Waals surface area contributed by atoms with Gasteiger partial charge in [-0.3, -0.25) is 4.79 Å². The molecule has 5 nitrogen and oxygen atoms in total. The molecular weight excluding hydrogens is 318 g/mol. The average molecular weight is 341 g/mol. The lowest BCUT2D eigenvalue weighted by molar-refractivity contribution is -0.128. The number of nitrogens with one attached hydrogen (secondary N) is 1. The molecule has 0 bridgehead atoms. The second-order valence-corrected chi connectivity index (χ2v) is 6.00. The molecule has 3 rings (SSSR count). The highest BCUT2D eigenvalue weighted by atomic mass is 16.5. The molecule has 1 saturated heterocycles. The first-order valence-corrected chi connectivity index (χ1v) is 8.51. The van der Waals surface area contributed by atoms with Gasteiger partial charge in [-0.15, -0.1) is 0 Å². The summed E-state index contributed by atoms with van der Waals surface area (Å²) in [5, 5.41) is 3.00. The third-order valence-electron chi connectivity index (χ3n) is 4.28. The molecule has 0 atom stereocenters. The largest absolute Gasteiger partial charge is 0.493 e. The van der Waals surface area contributed by atoms with Gasteiger partial charge in [-0.2, -0.15) is 0 Å². The molecule has 0 spiro atoms. The van der Waals surface area contributed by atoms with Crippen molar-refractivity contribution in [3.63, 3.8) is 0 Å². The molecule has 1 aliphatic rings. The molecule has 0 radical (unpaired) electrons. The molecule has 0 saturated carbocycles. The summed E-state index contributed by atoms with van der Waals surface area (Å²) in [6, 6.07) is 15.2. The van der Waals surface area contributed by atoms with E-state index in [0.29, 0.717) is 31.3 Å². The smallest absolute Gasteiger partial charge is 0.223 e. The Hall–Kier alpha value is -2.53. The minimum absolute atomic E-state index is 0.0712. The zero-order valence-electron chi connectivity index (χ0n) is 14.4. The summed E-state index contributed by atoms with van der Waals surface area (Å²) in [5.74, 6) is 2.27. The first-order chi connectivity index (χ1) is 12.3. The molecule has 1 heterocycles. The number of ether oxygens (including phenoxy) is 3. The third kappa shape index (κ3) is 4.73. The third-order valence-corrected chi connectivity index (χ3v) is 4.28. The van der Waals surface area contributed by atoms with E-state index in [2.05, 4.69) is 5.32 Å². The summed E-state index contributed by atoms with van der Waals surface area (Å²) < 4.78 is 16.4. The Kier molecular flexibility index (Phi) is 5.90. The molecular formula is C20H23NO4. The van der Waals surface area contributed by atoms with E-state index < -0.39 is 0 Å². The van der Waals surface area contributed by atoms with E-state index in [0.717, 1.165) is 24.2 Å². The van der Waals surface area contributed by atoms with Crippen molar-refractivity contribution in [3.05, 3.63) is 54.1 Å². The van der Waals surface area contributed by atoms with Crippen molar-refractivity contribution >= 4 is 5.91 Å². The first-order valence-electron chi connectivity index (χ1n) is 8.51. The average Bonchev–Trinajstić information content (AvgIpc) is 2.68. The number of carbonyl (C=O) groups excluding carboxylic acids is 1. The minimum Gasteiger partial charge on any atom is -0.493 e. The number of carbonyl (C=O) groups is 1. The highest BCUT2D eigenvalue weighted by Gasteiger charge is 2.20. The minimum atomic E-state index is 0.0712. The van der Waals surface area contributed by atoms with Gasteiger partial charge in [0.25, 0.3) is 0 Å². The lowest BCUT2D eigenvalue weighted by atomic mass is 9.99. The summed E-state index contributed by atoms with van der Waals surface area (Å²) in [4.78, 5) is 12.1. The van der Waals surface area contributed by atoms with Gasteiger partial charge in [0.05, 0.1) is 7.11 Å². The van der Waals surface area contributed by atoms with Crippen LogP contribution in [0.25, 0.3) is 0 Å². The summed E-state index contributed by atoms with van der Waals surface area (Å²) in [5.41, 5.74) is 1.03. The van der Waals surface area contributed by atoms with Gasteiger partial charge >= 0.3 is 0 Å². The molecule has 1 amide bonds. The van der Waals surface area contributed by atoms with Crippen LogP contribution in [0.1, 0.15) is 18.4 Å². The molecule has 2 aromatic rings. The molecule has 1 fully saturated rings. The van der Waals surface area contributed by atoms with Crippen LogP contribution in [0.4, 0.5) is 0 Å². The van der Waals surface area contributed by atoms with Crippen molar-refractivity contribution in [2.45, 2.75) is 19.4 Å². The molecule has 5 heteroatoms. The maximum atomic E-state index is 12.1. The quantitative estimate of drug-likeness (QED) is 0.873. The van der Waals surface area contributed by atoms with Crippen LogP contribution in [-0.4, -0.2) is 26.2 Å². The Morgan fingerprint density at radius 2 is 1.76 bits per heavy atom. The van der Waals surface area contributed by atoms with Crippen LogP contribution in [-0.2, 0) is 16.1 Å². The van der Waals surface area contributed by atoms with Crippen molar-refractivity contribution in [2.24, 2.45) is 5.92 Å². The lowest BCUT2D eigenvalue weighted by Gasteiger charge is -2.21. The van der Waals surface area contributed by atoms with Gasteiger partial charge in [0.2, 0.25) is 5.91 Å². The van der Waals surface area contributed by atoms with Gasteiger partial charge in [0.15, 0.2) is 11.5 Å². The van der Waals surface area contributed by atoms with Crippen LogP contribution in [0.5, 0.6) is 17.2 Å². The monoisotopic (exact) mass is 341 g/mol. The van der Waals surface area contributed by atoms with Gasteiger partial charge < -0.3 is 19.5 Å². The number of hydrogen-bond acceptors (Lipinski definition) is 4. The standard InChI is InChI=1S/C20H23NO4/c1-23-18-4-2-3-5-19(18)25-17-8-6-15(7-9-17)14-21-20(22)16-10-12-24-13-11-16/h2-9,16H,10-14H2,1H3,(H,21,22). The molecule has 2 aromatic carbocycles. The van der Waals surface area contributed by atoms with E-state index in [1.165, 1.54) is 0 Å². The molecule has 25 heavy (non-hydrogen) atoms. The number of para-hydroxylation sites is 2. The molecule has 0 aromatic heterocycles. The Morgan fingerprint density at radius 1 is 1.08 bits per heavy atom. The van der Waals surface area contributed by atoms with Gasteiger partial charge in [-0.05, 0) is 42.7 Å². The Morgan fingerprint density at radius 3 is 2.44 bits per heavy atom. The SMILES string of the molecule is COc1ccccc1Oc1ccc(CNC(=O)C2CCOCC2)cc1. The van der Waals surface area contributed by atoms with Crippen molar-refractivity contribution in [3.8, 4) is 17.2 Å². The van der Waals surface area contributed by atoms with E-state index in [1.54, 1.807) is 7.11 Å². The van der Waals surface area contributed by atoms with Crippen molar-refractivity contribution < 1.29 is 19.0 Å². The Bertz CT molecular complexity index is 693. The summed E-state index contributed by atoms with van der Waals surface area (Å²) >= 11 is 0. The summed E-state index contributed by atoms with van der Waals surface area (Å²) in [6.45, 7) is 1.87. The normalized spacial score (nSPS) is 14.8. The van der Waals surface area contributed by atoms with Gasteiger partial charge in [-0.25, -0.2) is 0 Å². The van der Waals surface area contributed by atoms with E-state index in [9.17, 15) is 4.79 Å². The van der Waals surface area contributed by atoms with Crippen LogP contribution in [0.15, 0.2) is 48.5 Å². The number of rotatable bonds is 6. The van der Waals surface area contributed by atoms with Crippen molar-refractivity contribution in [2.75, 3.05) is 20.3 Å². The second-order valence-electron chi connectivity index (χ2n) is 6.00. The van der Waals surface area contributed by atoms with E-state index in [1.807, 2.05) is 48.5 Å². The Balaban J connectivity index is 1.54. The van der Waals surface area contributed by atoms with Crippen molar-refractivity contribution in [1.82, 2.24) is 5.32 Å². The van der Waals surface area contributed by atoms with Gasteiger partial charge in [0.1, 0.15) is 5.75 Å². The highest BCUT2D eigenvalue weighted by Crippen LogP contribution is 2.30. The predicted molar refractivity (Wildman–Crippen MR) is 94.9 cm³/mol. The number of methoxy groups -OCH3 is 1. The van der Waals surface area contributed by atoms with Crippen LogP contribution >= 0.6 is 0 Å². The van der Waals surface area contributed by atoms with Crippen molar-refractivity contribution in [1.29, 1.82) is 0 Å². The zero-order chi connectivity index (χ0) is 17.5. The summed E-state index contributed by atoms with van der Waals surface area (Å²) in [7, 11) is 1.62. The zero-order valence-corrected chi connectivity index (χ0v) is 14.4. The topological polar surface area (TPSA) is 56.8 Å². The molecule has 1 N–H and O–H groups in total.